The molecule has 0 aromatic heterocycles. The lowest BCUT2D eigenvalue weighted by molar-refractivity contribution is -0.280. The molecule has 1 N–H and O–H groups in total. The summed E-state index contributed by atoms with van der Waals surface area (Å²) in [6.45, 7) is 6.40. The van der Waals surface area contributed by atoms with Crippen LogP contribution in [-0.4, -0.2) is 54.6 Å². The molecule has 1 aliphatic rings. The molecule has 2 aromatic carbocycles. The van der Waals surface area contributed by atoms with Crippen molar-refractivity contribution in [1.29, 1.82) is 0 Å². The van der Waals surface area contributed by atoms with E-state index in [9.17, 15) is 15.2 Å². The Bertz CT molecular complexity index is 1030. The average Bonchev–Trinajstić information content (AvgIpc) is 2.97. The van der Waals surface area contributed by atoms with E-state index in [1.807, 2.05) is 67.6 Å². The van der Waals surface area contributed by atoms with Crippen molar-refractivity contribution in [2.75, 3.05) is 12.8 Å². The van der Waals surface area contributed by atoms with Crippen molar-refractivity contribution in [3.63, 3.8) is 0 Å². The first-order chi connectivity index (χ1) is 19.0. The van der Waals surface area contributed by atoms with Crippen LogP contribution in [0.2, 0.25) is 0 Å². The van der Waals surface area contributed by atoms with E-state index in [0.29, 0.717) is 19.2 Å². The van der Waals surface area contributed by atoms with Crippen LogP contribution >= 0.6 is 8.46 Å². The predicted molar refractivity (Wildman–Crippen MR) is 149 cm³/mol. The zero-order valence-corrected chi connectivity index (χ0v) is 23.8. The molecule has 10 heteroatoms. The van der Waals surface area contributed by atoms with Gasteiger partial charge in [-0.1, -0.05) is 86.5 Å². The van der Waals surface area contributed by atoms with E-state index in [1.54, 1.807) is 0 Å². The summed E-state index contributed by atoms with van der Waals surface area (Å²) in [6, 6.07) is 18.8. The number of azide groups is 1. The van der Waals surface area contributed by atoms with Gasteiger partial charge in [-0.3, -0.25) is 4.57 Å². The van der Waals surface area contributed by atoms with Crippen LogP contribution in [-0.2, 0) is 36.7 Å². The van der Waals surface area contributed by atoms with Gasteiger partial charge in [-0.15, -0.1) is 0 Å². The fourth-order valence-electron chi connectivity index (χ4n) is 4.97. The van der Waals surface area contributed by atoms with Gasteiger partial charge in [0, 0.05) is 11.1 Å². The number of hydrogen-bond acceptors (Lipinski definition) is 7. The van der Waals surface area contributed by atoms with Crippen molar-refractivity contribution >= 4 is 8.46 Å². The smallest absolute Gasteiger partial charge is 0.167 e. The van der Waals surface area contributed by atoms with Crippen LogP contribution in [0.3, 0.4) is 0 Å². The Morgan fingerprint density at radius 1 is 1.00 bits per heavy atom. The lowest BCUT2D eigenvalue weighted by atomic mass is 9.81. The van der Waals surface area contributed by atoms with Crippen LogP contribution in [0.4, 0.5) is 0 Å². The van der Waals surface area contributed by atoms with Gasteiger partial charge in [0.05, 0.1) is 38.1 Å². The highest BCUT2D eigenvalue weighted by atomic mass is 31.1. The van der Waals surface area contributed by atoms with Crippen molar-refractivity contribution < 1.29 is 28.6 Å². The van der Waals surface area contributed by atoms with Crippen LogP contribution in [0.25, 0.3) is 10.4 Å². The third-order valence-electron chi connectivity index (χ3n) is 7.45. The van der Waals surface area contributed by atoms with Crippen LogP contribution < -0.4 is 0 Å². The van der Waals surface area contributed by atoms with Crippen molar-refractivity contribution in [3.8, 4) is 0 Å². The van der Waals surface area contributed by atoms with Crippen molar-refractivity contribution in [2.24, 2.45) is 17.0 Å². The fourth-order valence-corrected chi connectivity index (χ4v) is 5.33. The van der Waals surface area contributed by atoms with Gasteiger partial charge < -0.3 is 24.1 Å². The van der Waals surface area contributed by atoms with Gasteiger partial charge in [-0.05, 0) is 41.3 Å². The zero-order valence-electron chi connectivity index (χ0n) is 22.9. The molecule has 2 aromatic rings. The van der Waals surface area contributed by atoms with Gasteiger partial charge in [0.25, 0.3) is 0 Å². The standard InChI is InChI=1S/C29H40N3O6P/c1-4-24-20(2)21(3)27(31-32-30)29(37-24)38-28(26(17-33)36-19-23-13-9-6-10-14-23)25(15-16-39-34)35-18-22-11-7-5-8-12-22/h5-14,20-21,24-29,33H,4,15-19H2,1-3H3/t20-,21-,24?,25+,26-,27?,28+,29-/m0/s1. The molecule has 1 heterocycles. The molecule has 1 saturated heterocycles. The van der Waals surface area contributed by atoms with E-state index in [1.165, 1.54) is 0 Å². The van der Waals surface area contributed by atoms with Crippen LogP contribution in [0, 0.1) is 11.8 Å². The third-order valence-corrected chi connectivity index (χ3v) is 7.89. The molecule has 0 bridgehead atoms. The molecule has 3 rings (SSSR count). The highest BCUT2D eigenvalue weighted by Gasteiger charge is 2.44. The molecule has 1 fully saturated rings. The quantitative estimate of drug-likeness (QED) is 0.112. The summed E-state index contributed by atoms with van der Waals surface area (Å²) in [4.78, 5) is 3.07. The number of ether oxygens (including phenoxy) is 4. The topological polar surface area (TPSA) is 123 Å². The van der Waals surface area contributed by atoms with Crippen molar-refractivity contribution in [2.45, 2.75) is 83.6 Å². The third kappa shape index (κ3) is 9.09. The second-order valence-corrected chi connectivity index (χ2v) is 10.7. The Hall–Kier alpha value is -2.35. The van der Waals surface area contributed by atoms with Gasteiger partial charge in [0.15, 0.2) is 14.8 Å². The summed E-state index contributed by atoms with van der Waals surface area (Å²) >= 11 is 0. The van der Waals surface area contributed by atoms with Gasteiger partial charge in [0.1, 0.15) is 12.2 Å². The lowest BCUT2D eigenvalue weighted by Gasteiger charge is -2.45. The maximum atomic E-state index is 11.5. The van der Waals surface area contributed by atoms with E-state index >= 15 is 0 Å². The summed E-state index contributed by atoms with van der Waals surface area (Å²) in [5.41, 5.74) is 11.2. The molecule has 0 aliphatic carbocycles. The van der Waals surface area contributed by atoms with E-state index in [0.717, 1.165) is 17.5 Å². The van der Waals surface area contributed by atoms with Gasteiger partial charge in [-0.2, -0.15) is 0 Å². The minimum absolute atomic E-state index is 0.00640. The zero-order chi connectivity index (χ0) is 28.0. The molecule has 0 amide bonds. The fraction of sp³-hybridized carbons (Fsp3) is 0.586. The molecule has 0 radical (unpaired) electrons. The molecule has 9 nitrogen and oxygen atoms in total. The highest BCUT2D eigenvalue weighted by molar-refractivity contribution is 7.23. The predicted octanol–water partition coefficient (Wildman–Crippen LogP) is 6.30. The van der Waals surface area contributed by atoms with Gasteiger partial charge in [0.2, 0.25) is 0 Å². The normalized spacial score (nSPS) is 25.5. The SMILES string of the molecule is CCC1O[C@@H](O[C@@H]([C@H](CO)OCc2ccccc2)[C@@H](CCP=O)OCc2ccccc2)C(N=[N+]=[N-])[C@@H](C)[C@@H]1C. The molecule has 8 atom stereocenters. The number of rotatable bonds is 16. The number of hydrogen-bond donors (Lipinski definition) is 1. The number of nitrogens with zero attached hydrogens (tertiary/aromatic N) is 3. The summed E-state index contributed by atoms with van der Waals surface area (Å²) in [5, 5.41) is 14.5. The maximum absolute atomic E-state index is 11.5. The van der Waals surface area contributed by atoms with Crippen molar-refractivity contribution in [1.82, 2.24) is 0 Å². The molecule has 0 spiro atoms. The van der Waals surface area contributed by atoms with Crippen LogP contribution in [0.15, 0.2) is 65.8 Å². The van der Waals surface area contributed by atoms with E-state index in [4.69, 9.17) is 18.9 Å². The summed E-state index contributed by atoms with van der Waals surface area (Å²) in [5.74, 6) is 0.170. The number of aliphatic hydroxyl groups excluding tert-OH is 1. The Kier molecular flexibility index (Phi) is 13.3. The molecular formula is C29H40N3O6P. The van der Waals surface area contributed by atoms with E-state index in [2.05, 4.69) is 23.9 Å². The second kappa shape index (κ2) is 16.7. The monoisotopic (exact) mass is 557 g/mol. The van der Waals surface area contributed by atoms with Crippen LogP contribution in [0.1, 0.15) is 44.7 Å². The molecule has 39 heavy (non-hydrogen) atoms. The first-order valence-corrected chi connectivity index (χ1v) is 14.6. The molecule has 0 saturated carbocycles. The molecule has 1 aliphatic heterocycles. The minimum Gasteiger partial charge on any atom is -0.394 e. The first kappa shape index (κ1) is 31.2. The Balaban J connectivity index is 1.91. The highest BCUT2D eigenvalue weighted by Crippen LogP contribution is 2.36. The number of benzene rings is 2. The Labute approximate surface area is 232 Å². The maximum Gasteiger partial charge on any atom is 0.167 e. The Morgan fingerprint density at radius 2 is 1.59 bits per heavy atom. The minimum atomic E-state index is -0.857. The first-order valence-electron chi connectivity index (χ1n) is 13.6. The second-order valence-electron chi connectivity index (χ2n) is 9.96. The van der Waals surface area contributed by atoms with Crippen LogP contribution in [0.5, 0.6) is 0 Å². The van der Waals surface area contributed by atoms with E-state index in [-0.39, 0.29) is 39.6 Å². The largest absolute Gasteiger partial charge is 0.394 e. The molecule has 2 unspecified atom stereocenters. The van der Waals surface area contributed by atoms with Gasteiger partial charge in [-0.25, -0.2) is 0 Å². The lowest BCUT2D eigenvalue weighted by Crippen LogP contribution is -2.54. The summed E-state index contributed by atoms with van der Waals surface area (Å²) < 4.78 is 37.0. The summed E-state index contributed by atoms with van der Waals surface area (Å²) in [7, 11) is -0.0186. The van der Waals surface area contributed by atoms with Gasteiger partial charge >= 0.3 is 0 Å². The summed E-state index contributed by atoms with van der Waals surface area (Å²) in [6.07, 6.45) is -1.58. The molecular weight excluding hydrogens is 517 g/mol. The van der Waals surface area contributed by atoms with E-state index < -0.39 is 30.6 Å². The number of aliphatic hydroxyl groups is 1. The Morgan fingerprint density at radius 3 is 2.10 bits per heavy atom. The van der Waals surface area contributed by atoms with Crippen molar-refractivity contribution in [3.05, 3.63) is 82.2 Å². The average molecular weight is 558 g/mol. The molecule has 212 valence electrons.